The molecule has 0 heterocycles. The zero-order valence-corrected chi connectivity index (χ0v) is 12.7. The number of nitrogens with two attached hydrogens (primary N) is 1. The standard InChI is InChI=1S/C12H14N4O5S/c1-3-20-11-9(21-7(2)17)5-4-8(10(11)16(18)19)6-14-15-12(13)22/h4-6H,3H2,1-2H3,(H3,13,15,22). The predicted octanol–water partition coefficient (Wildman–Crippen LogP) is 1.09. The fourth-order valence-electron chi connectivity index (χ4n) is 1.54. The Bertz CT molecular complexity index is 632. The van der Waals surface area contributed by atoms with Crippen LogP contribution in [0.3, 0.4) is 0 Å². The minimum Gasteiger partial charge on any atom is -0.485 e. The number of hydrogen-bond acceptors (Lipinski definition) is 7. The highest BCUT2D eigenvalue weighted by atomic mass is 32.1. The zero-order valence-electron chi connectivity index (χ0n) is 11.9. The van der Waals surface area contributed by atoms with Crippen LogP contribution in [-0.4, -0.2) is 28.8 Å². The quantitative estimate of drug-likeness (QED) is 0.198. The number of benzene rings is 1. The van der Waals surface area contributed by atoms with Crippen LogP contribution < -0.4 is 20.6 Å². The average molecular weight is 326 g/mol. The summed E-state index contributed by atoms with van der Waals surface area (Å²) in [5.74, 6) is -0.811. The minimum absolute atomic E-state index is 0.0412. The molecule has 1 rings (SSSR count). The van der Waals surface area contributed by atoms with Gasteiger partial charge >= 0.3 is 11.7 Å². The van der Waals surface area contributed by atoms with Crippen LogP contribution in [0.25, 0.3) is 0 Å². The van der Waals surface area contributed by atoms with E-state index in [2.05, 4.69) is 22.7 Å². The van der Waals surface area contributed by atoms with Gasteiger partial charge in [-0.15, -0.1) is 0 Å². The monoisotopic (exact) mass is 326 g/mol. The lowest BCUT2D eigenvalue weighted by Crippen LogP contribution is -2.24. The van der Waals surface area contributed by atoms with Gasteiger partial charge in [0, 0.05) is 6.92 Å². The molecule has 0 radical (unpaired) electrons. The maximum absolute atomic E-state index is 11.3. The Morgan fingerprint density at radius 3 is 2.77 bits per heavy atom. The molecule has 0 aliphatic heterocycles. The Morgan fingerprint density at radius 2 is 2.27 bits per heavy atom. The third kappa shape index (κ3) is 4.66. The molecule has 0 atom stereocenters. The van der Waals surface area contributed by atoms with E-state index in [0.29, 0.717) is 0 Å². The van der Waals surface area contributed by atoms with Crippen molar-refractivity contribution in [3.05, 3.63) is 27.8 Å². The van der Waals surface area contributed by atoms with Crippen LogP contribution in [0.2, 0.25) is 0 Å². The first-order valence-corrected chi connectivity index (χ1v) is 6.48. The minimum atomic E-state index is -0.653. The number of nitro benzene ring substituents is 1. The summed E-state index contributed by atoms with van der Waals surface area (Å²) in [5, 5.41) is 14.9. The molecular formula is C12H14N4O5S. The Balaban J connectivity index is 3.36. The van der Waals surface area contributed by atoms with Crippen LogP contribution in [0.1, 0.15) is 19.4 Å². The second kappa shape index (κ2) is 7.88. The topological polar surface area (TPSA) is 129 Å². The average Bonchev–Trinajstić information content (AvgIpc) is 2.40. The van der Waals surface area contributed by atoms with Crippen LogP contribution in [0, 0.1) is 10.1 Å². The van der Waals surface area contributed by atoms with Crippen molar-refractivity contribution in [3.8, 4) is 11.5 Å². The molecule has 0 aromatic heterocycles. The second-order valence-corrected chi connectivity index (χ2v) is 4.29. The number of ether oxygens (including phenoxy) is 2. The van der Waals surface area contributed by atoms with Crippen LogP contribution in [0.15, 0.2) is 17.2 Å². The smallest absolute Gasteiger partial charge is 0.323 e. The van der Waals surface area contributed by atoms with E-state index in [0.717, 1.165) is 6.21 Å². The third-order valence-corrected chi connectivity index (χ3v) is 2.32. The third-order valence-electron chi connectivity index (χ3n) is 2.23. The van der Waals surface area contributed by atoms with Gasteiger partial charge in [0.05, 0.1) is 23.3 Å². The molecule has 0 fully saturated rings. The molecule has 0 bridgehead atoms. The fourth-order valence-corrected chi connectivity index (χ4v) is 1.60. The molecule has 0 aliphatic rings. The van der Waals surface area contributed by atoms with Gasteiger partial charge in [0.1, 0.15) is 0 Å². The lowest BCUT2D eigenvalue weighted by atomic mass is 10.1. The number of thiocarbonyl (C=S) groups is 1. The molecule has 0 aliphatic carbocycles. The summed E-state index contributed by atoms with van der Waals surface area (Å²) in [5.41, 5.74) is 7.24. The molecule has 0 unspecified atom stereocenters. The molecular weight excluding hydrogens is 312 g/mol. The summed E-state index contributed by atoms with van der Waals surface area (Å²) in [7, 11) is 0. The van der Waals surface area contributed by atoms with E-state index in [1.807, 2.05) is 0 Å². The highest BCUT2D eigenvalue weighted by Crippen LogP contribution is 2.39. The van der Waals surface area contributed by atoms with E-state index >= 15 is 0 Å². The number of hydrogen-bond donors (Lipinski definition) is 2. The van der Waals surface area contributed by atoms with Crippen molar-refractivity contribution in [3.63, 3.8) is 0 Å². The number of rotatable bonds is 6. The van der Waals surface area contributed by atoms with E-state index < -0.39 is 10.9 Å². The molecule has 0 saturated carbocycles. The lowest BCUT2D eigenvalue weighted by Gasteiger charge is -2.11. The second-order valence-electron chi connectivity index (χ2n) is 3.85. The summed E-state index contributed by atoms with van der Waals surface area (Å²) in [4.78, 5) is 21.7. The summed E-state index contributed by atoms with van der Waals surface area (Å²) < 4.78 is 10.2. The number of nitrogens with zero attached hydrogens (tertiary/aromatic N) is 2. The van der Waals surface area contributed by atoms with E-state index in [9.17, 15) is 14.9 Å². The first-order valence-electron chi connectivity index (χ1n) is 6.07. The Labute approximate surface area is 131 Å². The molecule has 118 valence electrons. The van der Waals surface area contributed by atoms with Crippen LogP contribution >= 0.6 is 12.2 Å². The molecule has 0 saturated heterocycles. The SMILES string of the molecule is CCOc1c(OC(C)=O)ccc(C=NNC(N)=S)c1[N+](=O)[O-]. The van der Waals surface area contributed by atoms with Gasteiger partial charge in [0.25, 0.3) is 0 Å². The van der Waals surface area contributed by atoms with Crippen molar-refractivity contribution in [2.24, 2.45) is 10.8 Å². The first kappa shape index (κ1) is 17.3. The van der Waals surface area contributed by atoms with Gasteiger partial charge in [0.2, 0.25) is 5.75 Å². The number of nitro groups is 1. The zero-order chi connectivity index (χ0) is 16.7. The van der Waals surface area contributed by atoms with Gasteiger partial charge in [-0.3, -0.25) is 20.3 Å². The van der Waals surface area contributed by atoms with Gasteiger partial charge in [-0.1, -0.05) is 0 Å². The largest absolute Gasteiger partial charge is 0.485 e. The van der Waals surface area contributed by atoms with Crippen molar-refractivity contribution in [2.75, 3.05) is 6.61 Å². The molecule has 10 heteroatoms. The van der Waals surface area contributed by atoms with Crippen LogP contribution in [0.4, 0.5) is 5.69 Å². The van der Waals surface area contributed by atoms with Gasteiger partial charge in [0.15, 0.2) is 10.9 Å². The van der Waals surface area contributed by atoms with Crippen LogP contribution in [-0.2, 0) is 4.79 Å². The number of esters is 1. The van der Waals surface area contributed by atoms with Gasteiger partial charge in [-0.05, 0) is 31.3 Å². The van der Waals surface area contributed by atoms with Gasteiger partial charge in [-0.25, -0.2) is 0 Å². The fraction of sp³-hybridized carbons (Fsp3) is 0.250. The Morgan fingerprint density at radius 1 is 1.59 bits per heavy atom. The van der Waals surface area contributed by atoms with Crippen molar-refractivity contribution in [1.29, 1.82) is 0 Å². The number of carbonyl (C=O) groups is 1. The molecule has 0 amide bonds. The molecule has 0 spiro atoms. The van der Waals surface area contributed by atoms with E-state index in [4.69, 9.17) is 15.2 Å². The first-order chi connectivity index (χ1) is 10.4. The molecule has 9 nitrogen and oxygen atoms in total. The summed E-state index contributed by atoms with van der Waals surface area (Å²) in [6, 6.07) is 2.74. The van der Waals surface area contributed by atoms with E-state index in [1.54, 1.807) is 6.92 Å². The highest BCUT2D eigenvalue weighted by molar-refractivity contribution is 7.80. The van der Waals surface area contributed by atoms with Crippen molar-refractivity contribution >= 4 is 35.2 Å². The van der Waals surface area contributed by atoms with Crippen LogP contribution in [0.5, 0.6) is 11.5 Å². The van der Waals surface area contributed by atoms with E-state index in [-0.39, 0.29) is 34.5 Å². The van der Waals surface area contributed by atoms with Gasteiger partial charge < -0.3 is 15.2 Å². The number of carbonyl (C=O) groups excluding carboxylic acids is 1. The van der Waals surface area contributed by atoms with E-state index in [1.165, 1.54) is 19.1 Å². The summed E-state index contributed by atoms with van der Waals surface area (Å²) in [6.07, 6.45) is 1.16. The Kier molecular flexibility index (Phi) is 6.20. The predicted molar refractivity (Wildman–Crippen MR) is 83.1 cm³/mol. The number of nitrogens with one attached hydrogen (secondary N) is 1. The van der Waals surface area contributed by atoms with Crippen molar-refractivity contribution < 1.29 is 19.2 Å². The number of hydrazone groups is 1. The highest BCUT2D eigenvalue weighted by Gasteiger charge is 2.25. The van der Waals surface area contributed by atoms with Crippen molar-refractivity contribution in [1.82, 2.24) is 5.43 Å². The molecule has 3 N–H and O–H groups in total. The lowest BCUT2D eigenvalue weighted by molar-refractivity contribution is -0.386. The maximum atomic E-state index is 11.3. The molecule has 1 aromatic carbocycles. The maximum Gasteiger partial charge on any atom is 0.323 e. The Hall–Kier alpha value is -2.75. The summed E-state index contributed by atoms with van der Waals surface area (Å²) in [6.45, 7) is 2.99. The van der Waals surface area contributed by atoms with Crippen molar-refractivity contribution in [2.45, 2.75) is 13.8 Å². The molecule has 22 heavy (non-hydrogen) atoms. The molecule has 1 aromatic rings. The van der Waals surface area contributed by atoms with Gasteiger partial charge in [-0.2, -0.15) is 5.10 Å². The normalized spacial score (nSPS) is 10.3. The summed E-state index contributed by atoms with van der Waals surface area (Å²) >= 11 is 4.57.